The van der Waals surface area contributed by atoms with Crippen LogP contribution >= 0.6 is 23.2 Å². The predicted molar refractivity (Wildman–Crippen MR) is 79.5 cm³/mol. The van der Waals surface area contributed by atoms with Crippen molar-refractivity contribution in [2.24, 2.45) is 5.41 Å². The molecule has 0 N–H and O–H groups in total. The molecule has 1 aromatic carbocycles. The zero-order chi connectivity index (χ0) is 15.7. The second-order valence-electron chi connectivity index (χ2n) is 5.77. The number of rotatable bonds is 3. The van der Waals surface area contributed by atoms with E-state index in [-0.39, 0.29) is 26.7 Å². The first-order chi connectivity index (χ1) is 9.03. The summed E-state index contributed by atoms with van der Waals surface area (Å²) in [6, 6.07) is 2.28. The van der Waals surface area contributed by atoms with Gasteiger partial charge in [-0.1, -0.05) is 44.0 Å². The van der Waals surface area contributed by atoms with E-state index in [1.165, 1.54) is 4.90 Å². The number of hydrogen-bond acceptors (Lipinski definition) is 3. The minimum absolute atomic E-state index is 0.00613. The summed E-state index contributed by atoms with van der Waals surface area (Å²) in [5.74, 6) is -0.393. The fraction of sp³-hybridized carbons (Fsp3) is 0.462. The molecule has 0 aromatic heterocycles. The molecule has 0 aliphatic carbocycles. The highest BCUT2D eigenvalue weighted by Gasteiger charge is 2.24. The molecule has 1 rings (SSSR count). The molecule has 0 aliphatic heterocycles. The zero-order valence-electron chi connectivity index (χ0n) is 11.7. The maximum absolute atomic E-state index is 12.3. The van der Waals surface area contributed by atoms with E-state index in [1.807, 2.05) is 20.8 Å². The van der Waals surface area contributed by atoms with Gasteiger partial charge in [-0.25, -0.2) is 0 Å². The number of benzene rings is 1. The summed E-state index contributed by atoms with van der Waals surface area (Å²) in [5.41, 5.74) is -0.314. The molecule has 0 atom stereocenters. The van der Waals surface area contributed by atoms with Crippen LogP contribution in [-0.2, 0) is 0 Å². The Labute approximate surface area is 127 Å². The summed E-state index contributed by atoms with van der Waals surface area (Å²) in [5, 5.41) is 10.8. The van der Waals surface area contributed by atoms with Crippen LogP contribution in [0, 0.1) is 15.5 Å². The highest BCUT2D eigenvalue weighted by atomic mass is 35.5. The largest absolute Gasteiger partial charge is 0.341 e. The van der Waals surface area contributed by atoms with Gasteiger partial charge in [-0.2, -0.15) is 0 Å². The van der Waals surface area contributed by atoms with E-state index in [0.717, 1.165) is 12.1 Å². The summed E-state index contributed by atoms with van der Waals surface area (Å²) < 4.78 is 0. The van der Waals surface area contributed by atoms with E-state index in [4.69, 9.17) is 23.2 Å². The summed E-state index contributed by atoms with van der Waals surface area (Å²) in [4.78, 5) is 24.0. The van der Waals surface area contributed by atoms with E-state index in [9.17, 15) is 14.9 Å². The first-order valence-electron chi connectivity index (χ1n) is 5.92. The number of amides is 1. The van der Waals surface area contributed by atoms with Crippen LogP contribution in [0.1, 0.15) is 31.1 Å². The van der Waals surface area contributed by atoms with Gasteiger partial charge in [0, 0.05) is 25.7 Å². The van der Waals surface area contributed by atoms with Crippen molar-refractivity contribution < 1.29 is 9.72 Å². The smallest absolute Gasteiger partial charge is 0.271 e. The third kappa shape index (κ3) is 4.08. The molecule has 0 saturated heterocycles. The lowest BCUT2D eigenvalue weighted by Crippen LogP contribution is -2.34. The molecule has 0 saturated carbocycles. The second-order valence-corrected chi connectivity index (χ2v) is 6.55. The Morgan fingerprint density at radius 3 is 2.35 bits per heavy atom. The van der Waals surface area contributed by atoms with Crippen LogP contribution in [-0.4, -0.2) is 29.3 Å². The van der Waals surface area contributed by atoms with E-state index in [1.54, 1.807) is 7.05 Å². The Balaban J connectivity index is 3.18. The van der Waals surface area contributed by atoms with Gasteiger partial charge < -0.3 is 4.90 Å². The Morgan fingerprint density at radius 1 is 1.35 bits per heavy atom. The minimum Gasteiger partial charge on any atom is -0.341 e. The lowest BCUT2D eigenvalue weighted by Gasteiger charge is -2.27. The average Bonchev–Trinajstić information content (AvgIpc) is 2.29. The van der Waals surface area contributed by atoms with Crippen molar-refractivity contribution in [2.45, 2.75) is 20.8 Å². The molecule has 20 heavy (non-hydrogen) atoms. The molecule has 1 amide bonds. The first kappa shape index (κ1) is 16.7. The van der Waals surface area contributed by atoms with Gasteiger partial charge in [-0.15, -0.1) is 0 Å². The monoisotopic (exact) mass is 318 g/mol. The van der Waals surface area contributed by atoms with Crippen molar-refractivity contribution in [1.29, 1.82) is 0 Å². The first-order valence-corrected chi connectivity index (χ1v) is 6.67. The van der Waals surface area contributed by atoms with Crippen LogP contribution in [0.25, 0.3) is 0 Å². The normalized spacial score (nSPS) is 11.3. The van der Waals surface area contributed by atoms with Crippen LogP contribution in [0.4, 0.5) is 5.69 Å². The average molecular weight is 319 g/mol. The Hall–Kier alpha value is -1.33. The quantitative estimate of drug-likeness (QED) is 0.624. The zero-order valence-corrected chi connectivity index (χ0v) is 13.2. The molecular weight excluding hydrogens is 303 g/mol. The van der Waals surface area contributed by atoms with Crippen molar-refractivity contribution >= 4 is 34.8 Å². The van der Waals surface area contributed by atoms with Crippen molar-refractivity contribution in [3.8, 4) is 0 Å². The Morgan fingerprint density at radius 2 is 1.90 bits per heavy atom. The highest BCUT2D eigenvalue weighted by molar-refractivity contribution is 6.44. The van der Waals surface area contributed by atoms with Crippen molar-refractivity contribution in [1.82, 2.24) is 4.90 Å². The van der Waals surface area contributed by atoms with Crippen LogP contribution in [0.5, 0.6) is 0 Å². The Bertz CT molecular complexity index is 553. The minimum atomic E-state index is -0.608. The maximum Gasteiger partial charge on any atom is 0.271 e. The third-order valence-corrected chi connectivity index (χ3v) is 3.31. The fourth-order valence-electron chi connectivity index (χ4n) is 1.82. The molecule has 0 unspecified atom stereocenters. The van der Waals surface area contributed by atoms with E-state index in [2.05, 4.69) is 0 Å². The van der Waals surface area contributed by atoms with Crippen LogP contribution in [0.2, 0.25) is 10.0 Å². The van der Waals surface area contributed by atoms with Gasteiger partial charge in [0.2, 0.25) is 0 Å². The van der Waals surface area contributed by atoms with Gasteiger partial charge in [-0.3, -0.25) is 14.9 Å². The SMILES string of the molecule is CN(CC(C)(C)C)C(=O)c1cc([N+](=O)[O-])cc(Cl)c1Cl. The number of halogens is 2. The van der Waals surface area contributed by atoms with Gasteiger partial charge in [0.05, 0.1) is 20.5 Å². The number of nitro groups is 1. The van der Waals surface area contributed by atoms with Crippen LogP contribution in [0.3, 0.4) is 0 Å². The van der Waals surface area contributed by atoms with E-state index >= 15 is 0 Å². The summed E-state index contributed by atoms with van der Waals surface area (Å²) in [6.07, 6.45) is 0. The molecule has 5 nitrogen and oxygen atoms in total. The summed E-state index contributed by atoms with van der Waals surface area (Å²) in [7, 11) is 1.62. The number of nitrogens with zero attached hydrogens (tertiary/aromatic N) is 2. The molecule has 0 aliphatic rings. The fourth-order valence-corrected chi connectivity index (χ4v) is 2.23. The lowest BCUT2D eigenvalue weighted by atomic mass is 9.96. The van der Waals surface area contributed by atoms with Gasteiger partial charge >= 0.3 is 0 Å². The van der Waals surface area contributed by atoms with Gasteiger partial charge in [-0.05, 0) is 5.41 Å². The standard InChI is InChI=1S/C13H16Cl2N2O3/c1-13(2,3)7-16(4)12(18)9-5-8(17(19)20)6-10(14)11(9)15/h5-6H,7H2,1-4H3. The molecule has 0 radical (unpaired) electrons. The second kappa shape index (κ2) is 5.97. The number of hydrogen-bond donors (Lipinski definition) is 0. The Kier molecular flexibility index (Phi) is 5.00. The number of nitro benzene ring substituents is 1. The number of carbonyl (C=O) groups excluding carboxylic acids is 1. The predicted octanol–water partition coefficient (Wildman–Crippen LogP) is 4.02. The molecule has 0 heterocycles. The number of carbonyl (C=O) groups is 1. The molecular formula is C13H16Cl2N2O3. The van der Waals surface area contributed by atoms with Gasteiger partial charge in [0.25, 0.3) is 11.6 Å². The molecule has 0 bridgehead atoms. The van der Waals surface area contributed by atoms with E-state index < -0.39 is 10.8 Å². The lowest BCUT2D eigenvalue weighted by molar-refractivity contribution is -0.384. The highest BCUT2D eigenvalue weighted by Crippen LogP contribution is 2.31. The molecule has 0 spiro atoms. The van der Waals surface area contributed by atoms with E-state index in [0.29, 0.717) is 6.54 Å². The van der Waals surface area contributed by atoms with Crippen molar-refractivity contribution in [3.05, 3.63) is 37.9 Å². The van der Waals surface area contributed by atoms with Crippen molar-refractivity contribution in [2.75, 3.05) is 13.6 Å². The van der Waals surface area contributed by atoms with Gasteiger partial charge in [0.15, 0.2) is 0 Å². The maximum atomic E-state index is 12.3. The third-order valence-electron chi connectivity index (χ3n) is 2.51. The van der Waals surface area contributed by atoms with Crippen LogP contribution in [0.15, 0.2) is 12.1 Å². The molecule has 7 heteroatoms. The summed E-state index contributed by atoms with van der Waals surface area (Å²) >= 11 is 11.8. The molecule has 0 fully saturated rings. The van der Waals surface area contributed by atoms with Crippen LogP contribution < -0.4 is 0 Å². The van der Waals surface area contributed by atoms with Crippen molar-refractivity contribution in [3.63, 3.8) is 0 Å². The molecule has 110 valence electrons. The molecule has 1 aromatic rings. The topological polar surface area (TPSA) is 63.5 Å². The van der Waals surface area contributed by atoms with Gasteiger partial charge in [0.1, 0.15) is 0 Å². The number of non-ortho nitro benzene ring substituents is 1. The summed E-state index contributed by atoms with van der Waals surface area (Å²) in [6.45, 7) is 6.44.